The van der Waals surface area contributed by atoms with E-state index in [0.717, 1.165) is 5.56 Å². The standard InChI is InChI=1S/C16H13N3O3/c1-9-2-5-14(18-8-9)19-16(21)12-6-10-3-4-11(20)7-13(10)22-15(12)17/h2-8,17,20H,1H3,(H,18,19,21). The van der Waals surface area contributed by atoms with Crippen molar-refractivity contribution in [3.63, 3.8) is 0 Å². The Balaban J connectivity index is 1.96. The molecule has 6 nitrogen and oxygen atoms in total. The molecule has 0 spiro atoms. The second-order valence-corrected chi connectivity index (χ2v) is 4.89. The molecule has 0 aliphatic carbocycles. The fourth-order valence-corrected chi connectivity index (χ4v) is 2.01. The molecule has 0 atom stereocenters. The number of hydrogen-bond donors (Lipinski definition) is 3. The monoisotopic (exact) mass is 295 g/mol. The van der Waals surface area contributed by atoms with Crippen LogP contribution in [0.1, 0.15) is 15.9 Å². The van der Waals surface area contributed by atoms with E-state index in [4.69, 9.17) is 9.83 Å². The Morgan fingerprint density at radius 2 is 2.09 bits per heavy atom. The van der Waals surface area contributed by atoms with E-state index in [1.165, 1.54) is 12.1 Å². The molecule has 0 bridgehead atoms. The minimum Gasteiger partial charge on any atom is -0.508 e. The molecule has 0 aliphatic rings. The number of nitrogens with zero attached hydrogens (tertiary/aromatic N) is 1. The van der Waals surface area contributed by atoms with Crippen molar-refractivity contribution >= 4 is 22.7 Å². The Bertz CT molecular complexity index is 914. The number of benzene rings is 1. The molecule has 3 aromatic rings. The first-order valence-electron chi connectivity index (χ1n) is 6.58. The minimum atomic E-state index is -0.472. The van der Waals surface area contributed by atoms with Crippen LogP contribution in [0.25, 0.3) is 11.0 Å². The highest BCUT2D eigenvalue weighted by Gasteiger charge is 2.12. The van der Waals surface area contributed by atoms with E-state index in [1.807, 2.05) is 13.0 Å². The Labute approximate surface area is 125 Å². The van der Waals surface area contributed by atoms with Gasteiger partial charge in [0, 0.05) is 17.6 Å². The third kappa shape index (κ3) is 2.67. The first-order chi connectivity index (χ1) is 10.5. The van der Waals surface area contributed by atoms with Crippen molar-refractivity contribution < 1.29 is 14.3 Å². The largest absolute Gasteiger partial charge is 0.508 e. The van der Waals surface area contributed by atoms with Crippen LogP contribution in [-0.4, -0.2) is 16.0 Å². The van der Waals surface area contributed by atoms with E-state index < -0.39 is 5.91 Å². The summed E-state index contributed by atoms with van der Waals surface area (Å²) in [6.07, 6.45) is 1.64. The summed E-state index contributed by atoms with van der Waals surface area (Å²) in [6, 6.07) is 9.57. The van der Waals surface area contributed by atoms with Crippen LogP contribution in [0.15, 0.2) is 47.0 Å². The van der Waals surface area contributed by atoms with Gasteiger partial charge in [-0.25, -0.2) is 4.98 Å². The number of anilines is 1. The fourth-order valence-electron chi connectivity index (χ4n) is 2.01. The molecular formula is C16H13N3O3. The summed E-state index contributed by atoms with van der Waals surface area (Å²) in [5.74, 6) is -0.0300. The number of nitrogens with one attached hydrogen (secondary N) is 2. The smallest absolute Gasteiger partial charge is 0.262 e. The average Bonchev–Trinajstić information content (AvgIpc) is 2.48. The molecule has 0 fully saturated rings. The maximum Gasteiger partial charge on any atom is 0.262 e. The van der Waals surface area contributed by atoms with Crippen molar-refractivity contribution in [2.75, 3.05) is 5.32 Å². The number of phenols is 1. The van der Waals surface area contributed by atoms with Gasteiger partial charge in [-0.15, -0.1) is 0 Å². The van der Waals surface area contributed by atoms with E-state index in [1.54, 1.807) is 24.4 Å². The molecule has 0 saturated heterocycles. The van der Waals surface area contributed by atoms with Crippen LogP contribution in [0.3, 0.4) is 0 Å². The number of phenolic OH excluding ortho intramolecular Hbond substituents is 1. The first-order valence-corrected chi connectivity index (χ1v) is 6.58. The molecule has 2 heterocycles. The maximum atomic E-state index is 12.2. The summed E-state index contributed by atoms with van der Waals surface area (Å²) in [7, 11) is 0. The van der Waals surface area contributed by atoms with Gasteiger partial charge in [0.05, 0.1) is 0 Å². The molecule has 1 aromatic carbocycles. The van der Waals surface area contributed by atoms with Crippen molar-refractivity contribution in [3.05, 3.63) is 59.3 Å². The lowest BCUT2D eigenvalue weighted by molar-refractivity contribution is 0.102. The summed E-state index contributed by atoms with van der Waals surface area (Å²) in [6.45, 7) is 1.90. The normalized spacial score (nSPS) is 10.6. The molecule has 1 amide bonds. The summed E-state index contributed by atoms with van der Waals surface area (Å²) in [5, 5.41) is 20.5. The van der Waals surface area contributed by atoms with Gasteiger partial charge < -0.3 is 14.8 Å². The molecule has 6 heteroatoms. The zero-order chi connectivity index (χ0) is 15.7. The summed E-state index contributed by atoms with van der Waals surface area (Å²) >= 11 is 0. The van der Waals surface area contributed by atoms with Gasteiger partial charge in [-0.2, -0.15) is 0 Å². The predicted molar refractivity (Wildman–Crippen MR) is 80.7 cm³/mol. The zero-order valence-corrected chi connectivity index (χ0v) is 11.8. The SMILES string of the molecule is Cc1ccc(NC(=O)c2cc3ccc(O)cc3oc2=N)nc1. The van der Waals surface area contributed by atoms with E-state index in [2.05, 4.69) is 10.3 Å². The van der Waals surface area contributed by atoms with Gasteiger partial charge in [0.25, 0.3) is 5.91 Å². The van der Waals surface area contributed by atoms with Crippen LogP contribution in [0.2, 0.25) is 0 Å². The molecule has 110 valence electrons. The lowest BCUT2D eigenvalue weighted by atomic mass is 10.1. The quantitative estimate of drug-likeness (QED) is 0.676. The van der Waals surface area contributed by atoms with Gasteiger partial charge in [0.15, 0.2) is 0 Å². The molecule has 0 radical (unpaired) electrons. The van der Waals surface area contributed by atoms with Gasteiger partial charge in [0.1, 0.15) is 22.7 Å². The van der Waals surface area contributed by atoms with Crippen LogP contribution >= 0.6 is 0 Å². The van der Waals surface area contributed by atoms with Crippen molar-refractivity contribution in [3.8, 4) is 5.75 Å². The van der Waals surface area contributed by atoms with E-state index in [0.29, 0.717) is 16.8 Å². The Morgan fingerprint density at radius 1 is 1.27 bits per heavy atom. The van der Waals surface area contributed by atoms with Crippen LogP contribution < -0.4 is 10.9 Å². The molecule has 2 aromatic heterocycles. The number of fused-ring (bicyclic) bond motifs is 1. The molecule has 0 saturated carbocycles. The van der Waals surface area contributed by atoms with E-state index in [-0.39, 0.29) is 16.9 Å². The van der Waals surface area contributed by atoms with E-state index in [9.17, 15) is 9.90 Å². The Hall–Kier alpha value is -3.15. The summed E-state index contributed by atoms with van der Waals surface area (Å²) < 4.78 is 5.28. The lowest BCUT2D eigenvalue weighted by Gasteiger charge is -2.06. The van der Waals surface area contributed by atoms with Crippen molar-refractivity contribution in [1.29, 1.82) is 5.41 Å². The van der Waals surface area contributed by atoms with Gasteiger partial charge in [-0.1, -0.05) is 6.07 Å². The van der Waals surface area contributed by atoms with Crippen molar-refractivity contribution in [1.82, 2.24) is 4.98 Å². The molecule has 3 rings (SSSR count). The van der Waals surface area contributed by atoms with Gasteiger partial charge in [0.2, 0.25) is 5.55 Å². The van der Waals surface area contributed by atoms with Gasteiger partial charge in [-0.05, 0) is 36.8 Å². The average molecular weight is 295 g/mol. The van der Waals surface area contributed by atoms with Crippen LogP contribution in [0.4, 0.5) is 5.82 Å². The van der Waals surface area contributed by atoms with Crippen molar-refractivity contribution in [2.45, 2.75) is 6.92 Å². The van der Waals surface area contributed by atoms with Gasteiger partial charge >= 0.3 is 0 Å². The number of aryl methyl sites for hydroxylation is 1. The lowest BCUT2D eigenvalue weighted by Crippen LogP contribution is -2.21. The highest BCUT2D eigenvalue weighted by atomic mass is 16.3. The predicted octanol–water partition coefficient (Wildman–Crippen LogP) is 2.57. The van der Waals surface area contributed by atoms with Crippen LogP contribution in [-0.2, 0) is 0 Å². The number of hydrogen-bond acceptors (Lipinski definition) is 5. The number of rotatable bonds is 2. The minimum absolute atomic E-state index is 0.0386. The third-order valence-electron chi connectivity index (χ3n) is 3.15. The maximum absolute atomic E-state index is 12.2. The number of carbonyl (C=O) groups excluding carboxylic acids is 1. The Morgan fingerprint density at radius 3 is 2.82 bits per heavy atom. The Kier molecular flexibility index (Phi) is 3.34. The molecule has 3 N–H and O–H groups in total. The number of pyridine rings is 1. The number of carbonyl (C=O) groups is 1. The first kappa shape index (κ1) is 13.8. The zero-order valence-electron chi connectivity index (χ0n) is 11.8. The topological polar surface area (TPSA) is 99.2 Å². The van der Waals surface area contributed by atoms with Crippen LogP contribution in [0.5, 0.6) is 5.75 Å². The number of aromatic hydroxyl groups is 1. The second-order valence-electron chi connectivity index (χ2n) is 4.89. The molecule has 22 heavy (non-hydrogen) atoms. The second kappa shape index (κ2) is 5.33. The highest BCUT2D eigenvalue weighted by Crippen LogP contribution is 2.19. The van der Waals surface area contributed by atoms with Gasteiger partial charge in [-0.3, -0.25) is 10.2 Å². The molecular weight excluding hydrogens is 282 g/mol. The number of aromatic nitrogens is 1. The summed E-state index contributed by atoms with van der Waals surface area (Å²) in [5.41, 5.74) is 1.15. The summed E-state index contributed by atoms with van der Waals surface area (Å²) in [4.78, 5) is 16.3. The van der Waals surface area contributed by atoms with Crippen molar-refractivity contribution in [2.24, 2.45) is 0 Å². The molecule has 0 aliphatic heterocycles. The van der Waals surface area contributed by atoms with Crippen LogP contribution in [0, 0.1) is 12.3 Å². The van der Waals surface area contributed by atoms with E-state index >= 15 is 0 Å². The number of amides is 1. The fraction of sp³-hybridized carbons (Fsp3) is 0.0625. The highest BCUT2D eigenvalue weighted by molar-refractivity contribution is 6.04. The molecule has 0 unspecified atom stereocenters. The third-order valence-corrected chi connectivity index (χ3v) is 3.15.